The molecule has 1 unspecified atom stereocenters. The molecule has 1 atom stereocenters. The molecule has 0 saturated carbocycles. The maximum atomic E-state index is 12.7. The standard InChI is InChI=1S/C27H34N4O3/c1-20-12-13-21(2)24(19-20)33-18-8-7-11-25(32)31-16-14-30(15-17-31)22(3)27-28-26(29-34-27)23-9-5-4-6-10-23/h4-6,9-10,12-13,19,22H,7-8,11,14-18H2,1-3H3. The number of rotatable bonds is 9. The fraction of sp³-hybridized carbons (Fsp3) is 0.444. The summed E-state index contributed by atoms with van der Waals surface area (Å²) in [7, 11) is 0. The highest BCUT2D eigenvalue weighted by Gasteiger charge is 2.27. The molecule has 180 valence electrons. The third-order valence-electron chi connectivity index (χ3n) is 6.43. The van der Waals surface area contributed by atoms with Crippen LogP contribution in [0.5, 0.6) is 5.75 Å². The summed E-state index contributed by atoms with van der Waals surface area (Å²) in [5.41, 5.74) is 3.28. The Morgan fingerprint density at radius 3 is 2.59 bits per heavy atom. The number of carbonyl (C=O) groups is 1. The van der Waals surface area contributed by atoms with Crippen LogP contribution in [0.25, 0.3) is 11.4 Å². The van der Waals surface area contributed by atoms with Crippen molar-refractivity contribution < 1.29 is 14.1 Å². The SMILES string of the molecule is Cc1ccc(C)c(OCCCCC(=O)N2CCN(C(C)c3nc(-c4ccccc4)no3)CC2)c1. The van der Waals surface area contributed by atoms with Crippen LogP contribution in [-0.2, 0) is 4.79 Å². The molecule has 1 aliphatic rings. The zero-order valence-electron chi connectivity index (χ0n) is 20.4. The molecule has 1 aromatic heterocycles. The first-order valence-corrected chi connectivity index (χ1v) is 12.1. The van der Waals surface area contributed by atoms with Gasteiger partial charge in [0.15, 0.2) is 0 Å². The smallest absolute Gasteiger partial charge is 0.244 e. The van der Waals surface area contributed by atoms with Crippen LogP contribution in [0.1, 0.15) is 49.2 Å². The Labute approximate surface area is 201 Å². The molecule has 7 nitrogen and oxygen atoms in total. The number of ether oxygens (including phenoxy) is 1. The molecule has 1 fully saturated rings. The van der Waals surface area contributed by atoms with Gasteiger partial charge >= 0.3 is 0 Å². The summed E-state index contributed by atoms with van der Waals surface area (Å²) in [5, 5.41) is 4.14. The lowest BCUT2D eigenvalue weighted by Crippen LogP contribution is -2.49. The number of amides is 1. The number of aromatic nitrogens is 2. The molecule has 0 aliphatic carbocycles. The van der Waals surface area contributed by atoms with E-state index in [0.29, 0.717) is 24.7 Å². The van der Waals surface area contributed by atoms with E-state index in [1.54, 1.807) is 0 Å². The van der Waals surface area contributed by atoms with Gasteiger partial charge in [-0.25, -0.2) is 0 Å². The van der Waals surface area contributed by atoms with Crippen LogP contribution in [0.3, 0.4) is 0 Å². The molecule has 1 aliphatic heterocycles. The number of unbranched alkanes of at least 4 members (excludes halogenated alkanes) is 1. The van der Waals surface area contributed by atoms with Crippen molar-refractivity contribution in [3.05, 3.63) is 65.5 Å². The van der Waals surface area contributed by atoms with Crippen LogP contribution in [0.4, 0.5) is 0 Å². The molecule has 0 bridgehead atoms. The van der Waals surface area contributed by atoms with Crippen LogP contribution in [0, 0.1) is 13.8 Å². The Morgan fingerprint density at radius 2 is 1.82 bits per heavy atom. The Hall–Kier alpha value is -3.19. The van der Waals surface area contributed by atoms with Crippen molar-refractivity contribution in [2.45, 2.75) is 46.1 Å². The summed E-state index contributed by atoms with van der Waals surface area (Å²) < 4.78 is 11.4. The van der Waals surface area contributed by atoms with E-state index < -0.39 is 0 Å². The zero-order valence-corrected chi connectivity index (χ0v) is 20.4. The van der Waals surface area contributed by atoms with Crippen molar-refractivity contribution in [3.63, 3.8) is 0 Å². The number of nitrogens with zero attached hydrogens (tertiary/aromatic N) is 4. The fourth-order valence-corrected chi connectivity index (χ4v) is 4.21. The first-order valence-electron chi connectivity index (χ1n) is 12.1. The van der Waals surface area contributed by atoms with Crippen LogP contribution in [0.15, 0.2) is 53.1 Å². The maximum absolute atomic E-state index is 12.7. The minimum Gasteiger partial charge on any atom is -0.493 e. The Balaban J connectivity index is 1.17. The fourth-order valence-electron chi connectivity index (χ4n) is 4.21. The van der Waals surface area contributed by atoms with Gasteiger partial charge in [-0.1, -0.05) is 47.6 Å². The van der Waals surface area contributed by atoms with Gasteiger partial charge in [0.1, 0.15) is 5.75 Å². The average Bonchev–Trinajstić information content (AvgIpc) is 3.36. The average molecular weight is 463 g/mol. The number of piperazine rings is 1. The van der Waals surface area contributed by atoms with Gasteiger partial charge < -0.3 is 14.2 Å². The van der Waals surface area contributed by atoms with E-state index >= 15 is 0 Å². The molecule has 3 aromatic rings. The largest absolute Gasteiger partial charge is 0.493 e. The Bertz CT molecular complexity index is 1070. The van der Waals surface area contributed by atoms with Crippen molar-refractivity contribution in [2.75, 3.05) is 32.8 Å². The highest BCUT2D eigenvalue weighted by atomic mass is 16.5. The second-order valence-corrected chi connectivity index (χ2v) is 8.99. The normalized spacial score (nSPS) is 15.3. The van der Waals surface area contributed by atoms with Gasteiger partial charge in [0, 0.05) is 38.2 Å². The molecule has 4 rings (SSSR count). The van der Waals surface area contributed by atoms with Crippen molar-refractivity contribution in [1.82, 2.24) is 19.9 Å². The Kier molecular flexibility index (Phi) is 7.95. The topological polar surface area (TPSA) is 71.7 Å². The zero-order chi connectivity index (χ0) is 23.9. The van der Waals surface area contributed by atoms with Gasteiger partial charge in [0.2, 0.25) is 17.6 Å². The van der Waals surface area contributed by atoms with Gasteiger partial charge in [0.05, 0.1) is 12.6 Å². The molecular weight excluding hydrogens is 428 g/mol. The van der Waals surface area contributed by atoms with Crippen LogP contribution >= 0.6 is 0 Å². The summed E-state index contributed by atoms with van der Waals surface area (Å²) >= 11 is 0. The highest BCUT2D eigenvalue weighted by Crippen LogP contribution is 2.24. The van der Waals surface area contributed by atoms with E-state index in [0.717, 1.165) is 55.9 Å². The number of benzene rings is 2. The van der Waals surface area contributed by atoms with E-state index in [4.69, 9.17) is 9.26 Å². The molecule has 2 aromatic carbocycles. The summed E-state index contributed by atoms with van der Waals surface area (Å²) in [4.78, 5) is 21.5. The summed E-state index contributed by atoms with van der Waals surface area (Å²) in [6.45, 7) is 9.88. The van der Waals surface area contributed by atoms with E-state index in [1.807, 2.05) is 35.2 Å². The van der Waals surface area contributed by atoms with Crippen molar-refractivity contribution in [3.8, 4) is 17.1 Å². The monoisotopic (exact) mass is 462 g/mol. The minimum absolute atomic E-state index is 0.0180. The van der Waals surface area contributed by atoms with Crippen molar-refractivity contribution in [1.29, 1.82) is 0 Å². The lowest BCUT2D eigenvalue weighted by atomic mass is 10.1. The van der Waals surface area contributed by atoms with Crippen LogP contribution in [-0.4, -0.2) is 58.6 Å². The first-order chi connectivity index (χ1) is 16.5. The van der Waals surface area contributed by atoms with Crippen molar-refractivity contribution >= 4 is 5.91 Å². The molecule has 1 saturated heterocycles. The molecule has 0 N–H and O–H groups in total. The second kappa shape index (κ2) is 11.3. The molecule has 7 heteroatoms. The van der Waals surface area contributed by atoms with Crippen molar-refractivity contribution in [2.24, 2.45) is 0 Å². The number of hydrogen-bond donors (Lipinski definition) is 0. The quantitative estimate of drug-likeness (QED) is 0.425. The lowest BCUT2D eigenvalue weighted by Gasteiger charge is -2.36. The van der Waals surface area contributed by atoms with Gasteiger partial charge in [-0.2, -0.15) is 4.98 Å². The van der Waals surface area contributed by atoms with Crippen LogP contribution < -0.4 is 4.74 Å². The molecule has 1 amide bonds. The van der Waals surface area contributed by atoms with Gasteiger partial charge in [0.25, 0.3) is 0 Å². The molecule has 0 radical (unpaired) electrons. The predicted octanol–water partition coefficient (Wildman–Crippen LogP) is 4.81. The molecule has 0 spiro atoms. The minimum atomic E-state index is 0.0180. The lowest BCUT2D eigenvalue weighted by molar-refractivity contribution is -0.133. The van der Waals surface area contributed by atoms with E-state index in [-0.39, 0.29) is 11.9 Å². The Morgan fingerprint density at radius 1 is 1.06 bits per heavy atom. The van der Waals surface area contributed by atoms with Gasteiger partial charge in [-0.05, 0) is 50.8 Å². The number of hydrogen-bond acceptors (Lipinski definition) is 6. The number of carbonyl (C=O) groups excluding carboxylic acids is 1. The van der Waals surface area contributed by atoms with E-state index in [2.05, 4.69) is 54.0 Å². The molecule has 2 heterocycles. The van der Waals surface area contributed by atoms with E-state index in [1.165, 1.54) is 5.56 Å². The van der Waals surface area contributed by atoms with Crippen LogP contribution in [0.2, 0.25) is 0 Å². The maximum Gasteiger partial charge on any atom is 0.244 e. The molecule has 34 heavy (non-hydrogen) atoms. The third-order valence-corrected chi connectivity index (χ3v) is 6.43. The van der Waals surface area contributed by atoms with Gasteiger partial charge in [-0.3, -0.25) is 9.69 Å². The molecular formula is C27H34N4O3. The summed E-state index contributed by atoms with van der Waals surface area (Å²) in [6, 6.07) is 16.1. The highest BCUT2D eigenvalue weighted by molar-refractivity contribution is 5.76. The van der Waals surface area contributed by atoms with Gasteiger partial charge in [-0.15, -0.1) is 0 Å². The first kappa shape index (κ1) is 24.0. The third kappa shape index (κ3) is 6.03. The van der Waals surface area contributed by atoms with E-state index in [9.17, 15) is 4.79 Å². The number of aryl methyl sites for hydroxylation is 2. The summed E-state index contributed by atoms with van der Waals surface area (Å²) in [5.74, 6) is 2.39. The predicted molar refractivity (Wildman–Crippen MR) is 132 cm³/mol. The second-order valence-electron chi connectivity index (χ2n) is 8.99. The summed E-state index contributed by atoms with van der Waals surface area (Å²) in [6.07, 6.45) is 2.28.